The van der Waals surface area contributed by atoms with Crippen molar-refractivity contribution in [3.05, 3.63) is 0 Å². The lowest BCUT2D eigenvalue weighted by Gasteiger charge is -2.26. The normalized spacial score (nSPS) is 12.6. The topological polar surface area (TPSA) is 111 Å². The minimum absolute atomic E-state index is 0.154. The van der Waals surface area contributed by atoms with E-state index in [2.05, 4.69) is 13.8 Å². The van der Waals surface area contributed by atoms with Gasteiger partial charge in [0.1, 0.15) is 13.2 Å². The molecule has 0 rings (SSSR count). The van der Waals surface area contributed by atoms with Crippen LogP contribution in [0.15, 0.2) is 0 Å². The van der Waals surface area contributed by atoms with Gasteiger partial charge in [-0.15, -0.1) is 0 Å². The zero-order valence-corrected chi connectivity index (χ0v) is 55.2. The molecule has 0 aromatic heterocycles. The van der Waals surface area contributed by atoms with E-state index in [1.165, 1.54) is 321 Å². The molecule has 0 bridgehead atoms. The molecule has 0 spiro atoms. The summed E-state index contributed by atoms with van der Waals surface area (Å²) >= 11 is 0. The first-order valence-electron chi connectivity index (χ1n) is 36.2. The minimum Gasteiger partial charge on any atom is -0.545 e. The van der Waals surface area contributed by atoms with Gasteiger partial charge in [-0.05, 0) is 12.8 Å². The van der Waals surface area contributed by atoms with E-state index in [0.717, 1.165) is 38.5 Å². The summed E-state index contributed by atoms with van der Waals surface area (Å²) in [7, 11) is 5.95. The summed E-state index contributed by atoms with van der Waals surface area (Å²) in [5.41, 5.74) is 0. The monoisotopic (exact) mass is 1150 g/mol. The molecular weight excluding hydrogens is 1010 g/mol. The number of rotatable bonds is 69. The van der Waals surface area contributed by atoms with E-state index in [-0.39, 0.29) is 32.2 Å². The predicted octanol–water partition coefficient (Wildman–Crippen LogP) is 20.9. The van der Waals surface area contributed by atoms with Crippen LogP contribution in [-0.4, -0.2) is 82.3 Å². The molecule has 0 aromatic carbocycles. The van der Waals surface area contributed by atoms with E-state index < -0.39 is 24.3 Å². The van der Waals surface area contributed by atoms with E-state index in [1.807, 2.05) is 21.1 Å². The van der Waals surface area contributed by atoms with Crippen LogP contribution in [0.3, 0.4) is 0 Å². The van der Waals surface area contributed by atoms with Gasteiger partial charge in [0.05, 0.1) is 40.3 Å². The van der Waals surface area contributed by atoms with Gasteiger partial charge in [0.15, 0.2) is 12.4 Å². The lowest BCUT2D eigenvalue weighted by atomic mass is 10.0. The maximum atomic E-state index is 12.9. The van der Waals surface area contributed by atoms with Gasteiger partial charge in [-0.3, -0.25) is 9.59 Å². The lowest BCUT2D eigenvalue weighted by Crippen LogP contribution is -2.44. The smallest absolute Gasteiger partial charge is 0.306 e. The molecule has 0 aromatic rings. The van der Waals surface area contributed by atoms with E-state index in [0.29, 0.717) is 17.4 Å². The third-order valence-corrected chi connectivity index (χ3v) is 16.9. The molecule has 482 valence electrons. The molecule has 0 saturated heterocycles. The Morgan fingerprint density at radius 1 is 0.321 bits per heavy atom. The fourth-order valence-corrected chi connectivity index (χ4v) is 11.3. The Balaban J connectivity index is 3.97. The van der Waals surface area contributed by atoms with Crippen LogP contribution in [0.5, 0.6) is 0 Å². The highest BCUT2D eigenvalue weighted by atomic mass is 16.7. The van der Waals surface area contributed by atoms with Crippen LogP contribution >= 0.6 is 0 Å². The van der Waals surface area contributed by atoms with Gasteiger partial charge in [0, 0.05) is 12.8 Å². The first-order chi connectivity index (χ1) is 39.6. The third kappa shape index (κ3) is 65.7. The van der Waals surface area contributed by atoms with Crippen LogP contribution in [0.1, 0.15) is 386 Å². The van der Waals surface area contributed by atoms with Crippen molar-refractivity contribution in [2.45, 2.75) is 399 Å². The SMILES string of the molecule is CCCCCCCCCCCCCCCCCCCCCCCCCCCCCCCCCCCCCC(=O)OC(COC(=O)CCCCCCCCCCCCCCCCCCCCCCC)COC(OCC[N+](C)(C)C)C(=O)[O-]. The van der Waals surface area contributed by atoms with Crippen molar-refractivity contribution in [2.24, 2.45) is 0 Å². The second kappa shape index (κ2) is 64.3. The number of likely N-dealkylation sites (N-methyl/N-ethyl adjacent to an activating group) is 1. The van der Waals surface area contributed by atoms with Crippen LogP contribution in [0, 0.1) is 0 Å². The summed E-state index contributed by atoms with van der Waals surface area (Å²) in [5, 5.41) is 11.8. The molecule has 0 amide bonds. The summed E-state index contributed by atoms with van der Waals surface area (Å²) in [6.45, 7) is 4.84. The zero-order chi connectivity index (χ0) is 59.1. The number of ether oxygens (including phenoxy) is 4. The van der Waals surface area contributed by atoms with Crippen LogP contribution in [0.25, 0.3) is 0 Å². The van der Waals surface area contributed by atoms with E-state index >= 15 is 0 Å². The Morgan fingerprint density at radius 2 is 0.556 bits per heavy atom. The molecule has 81 heavy (non-hydrogen) atoms. The molecule has 2 atom stereocenters. The van der Waals surface area contributed by atoms with Crippen molar-refractivity contribution >= 4 is 17.9 Å². The Kier molecular flexibility index (Phi) is 62.9. The van der Waals surface area contributed by atoms with Crippen molar-refractivity contribution in [3.63, 3.8) is 0 Å². The Hall–Kier alpha value is -1.71. The number of carbonyl (C=O) groups excluding carboxylic acids is 3. The highest BCUT2D eigenvalue weighted by Gasteiger charge is 2.22. The van der Waals surface area contributed by atoms with Gasteiger partial charge in [-0.2, -0.15) is 0 Å². The van der Waals surface area contributed by atoms with E-state index in [4.69, 9.17) is 18.9 Å². The Morgan fingerprint density at radius 3 is 0.790 bits per heavy atom. The second-order valence-electron chi connectivity index (χ2n) is 26.3. The molecule has 0 radical (unpaired) electrons. The molecule has 0 saturated carbocycles. The van der Waals surface area contributed by atoms with Crippen molar-refractivity contribution in [2.75, 3.05) is 47.5 Å². The molecule has 9 heteroatoms. The molecule has 9 nitrogen and oxygen atoms in total. The molecule has 0 heterocycles. The summed E-state index contributed by atoms with van der Waals surface area (Å²) in [6.07, 6.45) is 73.5. The van der Waals surface area contributed by atoms with Gasteiger partial charge >= 0.3 is 11.9 Å². The highest BCUT2D eigenvalue weighted by molar-refractivity contribution is 5.70. The van der Waals surface area contributed by atoms with Gasteiger partial charge in [0.2, 0.25) is 0 Å². The van der Waals surface area contributed by atoms with Crippen LogP contribution in [0.4, 0.5) is 0 Å². The average Bonchev–Trinajstić information content (AvgIpc) is 3.44. The van der Waals surface area contributed by atoms with E-state index in [1.54, 1.807) is 0 Å². The number of nitrogens with zero attached hydrogens (tertiary/aromatic N) is 1. The van der Waals surface area contributed by atoms with Crippen LogP contribution < -0.4 is 5.11 Å². The molecule has 0 aliphatic rings. The first-order valence-corrected chi connectivity index (χ1v) is 36.2. The largest absolute Gasteiger partial charge is 0.545 e. The van der Waals surface area contributed by atoms with Gasteiger partial charge < -0.3 is 33.3 Å². The van der Waals surface area contributed by atoms with Crippen molar-refractivity contribution in [1.29, 1.82) is 0 Å². The number of hydrogen-bond donors (Lipinski definition) is 0. The highest BCUT2D eigenvalue weighted by Crippen LogP contribution is 2.20. The number of hydrogen-bond acceptors (Lipinski definition) is 8. The predicted molar refractivity (Wildman–Crippen MR) is 344 cm³/mol. The molecule has 0 N–H and O–H groups in total. The second-order valence-corrected chi connectivity index (χ2v) is 26.3. The summed E-state index contributed by atoms with van der Waals surface area (Å²) in [4.78, 5) is 37.5. The molecule has 2 unspecified atom stereocenters. The summed E-state index contributed by atoms with van der Waals surface area (Å²) < 4.78 is 22.8. The fourth-order valence-electron chi connectivity index (χ4n) is 11.3. The van der Waals surface area contributed by atoms with Crippen molar-refractivity contribution in [1.82, 2.24) is 0 Å². The van der Waals surface area contributed by atoms with Crippen LogP contribution in [0.2, 0.25) is 0 Å². The molecule has 0 aliphatic carbocycles. The molecule has 0 aliphatic heterocycles. The average molecular weight is 1150 g/mol. The van der Waals surface area contributed by atoms with Crippen LogP contribution in [-0.2, 0) is 33.3 Å². The van der Waals surface area contributed by atoms with Crippen molar-refractivity contribution < 1.29 is 42.9 Å². The number of esters is 2. The fraction of sp³-hybridized carbons (Fsp3) is 0.958. The van der Waals surface area contributed by atoms with Gasteiger partial charge in [-0.1, -0.05) is 361 Å². The van der Waals surface area contributed by atoms with Gasteiger partial charge in [-0.25, -0.2) is 0 Å². The zero-order valence-electron chi connectivity index (χ0n) is 55.2. The maximum absolute atomic E-state index is 12.9. The number of carbonyl (C=O) groups is 3. The first kappa shape index (κ1) is 79.3. The number of unbranched alkanes of at least 4 members (excludes halogenated alkanes) is 54. The minimum atomic E-state index is -1.62. The summed E-state index contributed by atoms with van der Waals surface area (Å²) in [6, 6.07) is 0. The molecule has 0 fully saturated rings. The number of quaternary nitrogens is 1. The third-order valence-electron chi connectivity index (χ3n) is 16.9. The summed E-state index contributed by atoms with van der Waals surface area (Å²) in [5.74, 6) is -2.24. The standard InChI is InChI=1S/C72H141NO8/c1-6-8-10-12-14-16-18-20-22-24-26-28-29-30-31-32-33-34-35-36-37-38-39-40-41-43-45-47-49-51-53-55-57-59-61-63-70(75)81-68(67-80-72(71(76)77)78-65-64-73(3,4)5)66-79-69(74)62-60-58-56-54-52-50-48-46-44-42-27-25-23-21-19-17-15-13-11-9-7-2/h68,72H,6-67H2,1-5H3. The van der Waals surface area contributed by atoms with E-state index in [9.17, 15) is 19.5 Å². The maximum Gasteiger partial charge on any atom is 0.306 e. The quantitative estimate of drug-likeness (QED) is 0.0256. The van der Waals surface area contributed by atoms with Gasteiger partial charge in [0.25, 0.3) is 0 Å². The lowest BCUT2D eigenvalue weighted by molar-refractivity contribution is -0.870. The number of carboxylic acids is 1. The molecular formula is C72H141NO8. The number of aliphatic carboxylic acids is 1. The Labute approximate surface area is 504 Å². The van der Waals surface area contributed by atoms with Crippen molar-refractivity contribution in [3.8, 4) is 0 Å². The Bertz CT molecular complexity index is 1290. The number of carboxylic acid groups (broad SMARTS) is 1.